The normalized spacial score (nSPS) is 17.9. The maximum Gasteiger partial charge on any atom is 0.161 e. The smallest absolute Gasteiger partial charge is 0.161 e. The highest BCUT2D eigenvalue weighted by molar-refractivity contribution is 7.10. The van der Waals surface area contributed by atoms with Gasteiger partial charge in [-0.2, -0.15) is 0 Å². The number of nitrogens with zero attached hydrogens (tertiary/aromatic N) is 1. The summed E-state index contributed by atoms with van der Waals surface area (Å²) in [7, 11) is 0. The monoisotopic (exact) mass is 372 g/mol. The summed E-state index contributed by atoms with van der Waals surface area (Å²) in [5.41, 5.74) is 5.23. The van der Waals surface area contributed by atoms with Crippen LogP contribution < -0.4 is 5.32 Å². The largest absolute Gasteiger partial charge is 0.342 e. The summed E-state index contributed by atoms with van der Waals surface area (Å²) >= 11 is 1.62. The van der Waals surface area contributed by atoms with Crippen molar-refractivity contribution in [1.82, 2.24) is 4.98 Å². The number of ketones is 1. The molecule has 0 atom stereocenters. The molecule has 0 saturated heterocycles. The molecule has 142 valence electrons. The van der Waals surface area contributed by atoms with Crippen molar-refractivity contribution < 1.29 is 4.79 Å². The molecule has 0 fully saturated rings. The highest BCUT2D eigenvalue weighted by atomic mass is 32.1. The first-order valence-electron chi connectivity index (χ1n) is 9.27. The summed E-state index contributed by atoms with van der Waals surface area (Å²) in [6.45, 7) is 16.0. The number of rotatable bonds is 2. The second-order valence-electron chi connectivity index (χ2n) is 6.73. The standard InChI is InChI=1S/C12H14N2OS.C8H12.C2H6/c1-12(2)4-3-8(15)7-5-9-11(13-6-16-9)14-10(7)12;1-4-6-8(3)7-5-2;1-2/h6,14H,3-5H2,1-2H3;4-7H,1H2,2-3H3;1-2H3/b;7-5-,8-6-;. The number of Topliss-reactive ketones (excluding diaryl/α,β-unsaturated/α-hetero) is 1. The lowest BCUT2D eigenvalue weighted by molar-refractivity contribution is -0.116. The average Bonchev–Trinajstić information content (AvgIpc) is 3.08. The van der Waals surface area contributed by atoms with E-state index in [2.05, 4.69) is 30.7 Å². The van der Waals surface area contributed by atoms with Gasteiger partial charge in [0.2, 0.25) is 0 Å². The number of thiazole rings is 1. The minimum Gasteiger partial charge on any atom is -0.342 e. The Morgan fingerprint density at radius 2 is 2.08 bits per heavy atom. The molecule has 0 aromatic carbocycles. The highest BCUT2D eigenvalue weighted by Crippen LogP contribution is 2.43. The van der Waals surface area contributed by atoms with Crippen molar-refractivity contribution in [2.24, 2.45) is 5.41 Å². The molecule has 2 aliphatic rings. The number of nitrogens with one attached hydrogen (secondary N) is 1. The van der Waals surface area contributed by atoms with Gasteiger partial charge in [-0.15, -0.1) is 11.3 Å². The summed E-state index contributed by atoms with van der Waals surface area (Å²) in [5.74, 6) is 1.26. The first kappa shape index (κ1) is 22.1. The van der Waals surface area contributed by atoms with Gasteiger partial charge >= 0.3 is 0 Å². The predicted molar refractivity (Wildman–Crippen MR) is 115 cm³/mol. The van der Waals surface area contributed by atoms with Crippen LogP contribution in [0.15, 0.2) is 53.2 Å². The number of anilines is 1. The van der Waals surface area contributed by atoms with Crippen LogP contribution in [-0.4, -0.2) is 10.8 Å². The van der Waals surface area contributed by atoms with Crippen molar-refractivity contribution in [2.45, 2.75) is 60.8 Å². The fraction of sp³-hybridized carbons (Fsp3) is 0.455. The van der Waals surface area contributed by atoms with E-state index in [0.29, 0.717) is 12.2 Å². The Hall–Kier alpha value is -1.94. The van der Waals surface area contributed by atoms with Crippen LogP contribution in [0.4, 0.5) is 5.82 Å². The first-order valence-corrected chi connectivity index (χ1v) is 10.1. The van der Waals surface area contributed by atoms with Crippen LogP contribution in [0.25, 0.3) is 0 Å². The number of allylic oxidation sites excluding steroid dienone is 7. The lowest BCUT2D eigenvalue weighted by Gasteiger charge is -2.36. The van der Waals surface area contributed by atoms with E-state index in [4.69, 9.17) is 0 Å². The quantitative estimate of drug-likeness (QED) is 0.604. The molecule has 0 amide bonds. The molecule has 1 aromatic heterocycles. The molecule has 26 heavy (non-hydrogen) atoms. The zero-order chi connectivity index (χ0) is 19.7. The molecule has 0 saturated carbocycles. The molecule has 1 N–H and O–H groups in total. The topological polar surface area (TPSA) is 42.0 Å². The van der Waals surface area contributed by atoms with E-state index in [1.807, 2.05) is 51.4 Å². The summed E-state index contributed by atoms with van der Waals surface area (Å²) in [5, 5.41) is 3.36. The van der Waals surface area contributed by atoms with Gasteiger partial charge in [0.25, 0.3) is 0 Å². The molecule has 1 aromatic rings. The summed E-state index contributed by atoms with van der Waals surface area (Å²) in [4.78, 5) is 17.4. The Bertz CT molecular complexity index is 720. The van der Waals surface area contributed by atoms with Gasteiger partial charge in [0.15, 0.2) is 5.78 Å². The van der Waals surface area contributed by atoms with Crippen molar-refractivity contribution in [1.29, 1.82) is 0 Å². The van der Waals surface area contributed by atoms with Crippen molar-refractivity contribution in [3.63, 3.8) is 0 Å². The number of hydrogen-bond donors (Lipinski definition) is 1. The van der Waals surface area contributed by atoms with Gasteiger partial charge < -0.3 is 5.32 Å². The summed E-state index contributed by atoms with van der Waals surface area (Å²) in [6.07, 6.45) is 10.2. The van der Waals surface area contributed by atoms with Gasteiger partial charge in [-0.3, -0.25) is 4.79 Å². The fourth-order valence-corrected chi connectivity index (χ4v) is 3.69. The summed E-state index contributed by atoms with van der Waals surface area (Å²) < 4.78 is 0. The van der Waals surface area contributed by atoms with Gasteiger partial charge in [-0.05, 0) is 20.3 Å². The van der Waals surface area contributed by atoms with Crippen LogP contribution in [0.1, 0.15) is 59.3 Å². The Morgan fingerprint density at radius 1 is 1.38 bits per heavy atom. The van der Waals surface area contributed by atoms with E-state index in [1.165, 1.54) is 10.5 Å². The van der Waals surface area contributed by atoms with Crippen LogP contribution in [0.3, 0.4) is 0 Å². The molecule has 1 aliphatic carbocycles. The van der Waals surface area contributed by atoms with Gasteiger partial charge in [0.05, 0.1) is 10.4 Å². The third-order valence-corrected chi connectivity index (χ3v) is 5.16. The Kier molecular flexibility index (Phi) is 8.73. The number of carbonyl (C=O) groups is 1. The van der Waals surface area contributed by atoms with Gasteiger partial charge in [-0.25, -0.2) is 4.98 Å². The van der Waals surface area contributed by atoms with Gasteiger partial charge in [-0.1, -0.05) is 64.2 Å². The highest BCUT2D eigenvalue weighted by Gasteiger charge is 2.37. The fourth-order valence-electron chi connectivity index (χ4n) is 2.96. The SMILES string of the molecule is C=C/C=C(C)\C=C/C.CC.CC1(C)CCC(=O)C2=C1Nc1ncsc1C2. The minimum atomic E-state index is 0.0740. The average molecular weight is 373 g/mol. The van der Waals surface area contributed by atoms with Gasteiger partial charge in [0.1, 0.15) is 5.82 Å². The predicted octanol–water partition coefficient (Wildman–Crippen LogP) is 6.48. The Morgan fingerprint density at radius 3 is 2.69 bits per heavy atom. The molecule has 0 spiro atoms. The second kappa shape index (κ2) is 10.3. The Balaban J connectivity index is 0.000000290. The van der Waals surface area contributed by atoms with E-state index >= 15 is 0 Å². The Labute approximate surface area is 162 Å². The van der Waals surface area contributed by atoms with E-state index in [0.717, 1.165) is 29.9 Å². The molecule has 0 radical (unpaired) electrons. The molecular weight excluding hydrogens is 340 g/mol. The maximum atomic E-state index is 11.9. The molecule has 3 rings (SSSR count). The van der Waals surface area contributed by atoms with Crippen LogP contribution in [0.5, 0.6) is 0 Å². The molecule has 3 nitrogen and oxygen atoms in total. The third kappa shape index (κ3) is 5.53. The van der Waals surface area contributed by atoms with E-state index in [9.17, 15) is 4.79 Å². The van der Waals surface area contributed by atoms with Gasteiger partial charge in [0, 0.05) is 29.5 Å². The van der Waals surface area contributed by atoms with Crippen molar-refractivity contribution in [2.75, 3.05) is 5.32 Å². The zero-order valence-electron chi connectivity index (χ0n) is 17.0. The van der Waals surface area contributed by atoms with Crippen molar-refractivity contribution in [3.8, 4) is 0 Å². The lowest BCUT2D eigenvalue weighted by Crippen LogP contribution is -2.33. The lowest BCUT2D eigenvalue weighted by atomic mass is 9.74. The molecule has 0 unspecified atom stereocenters. The molecule has 1 aliphatic heterocycles. The number of carbonyl (C=O) groups excluding carboxylic acids is 1. The maximum absolute atomic E-state index is 11.9. The van der Waals surface area contributed by atoms with Crippen molar-refractivity contribution in [3.05, 3.63) is 58.1 Å². The molecular formula is C22H32N2OS. The summed E-state index contributed by atoms with van der Waals surface area (Å²) in [6, 6.07) is 0. The number of aromatic nitrogens is 1. The van der Waals surface area contributed by atoms with E-state index in [-0.39, 0.29) is 5.41 Å². The minimum absolute atomic E-state index is 0.0740. The second-order valence-corrected chi connectivity index (χ2v) is 7.67. The van der Waals surface area contributed by atoms with Crippen LogP contribution in [-0.2, 0) is 11.2 Å². The van der Waals surface area contributed by atoms with Crippen LogP contribution in [0.2, 0.25) is 0 Å². The number of hydrogen-bond acceptors (Lipinski definition) is 4. The molecule has 0 bridgehead atoms. The first-order chi connectivity index (χ1) is 12.4. The molecule has 2 heterocycles. The third-order valence-electron chi connectivity index (χ3n) is 4.32. The van der Waals surface area contributed by atoms with Crippen molar-refractivity contribution >= 4 is 22.9 Å². The van der Waals surface area contributed by atoms with Crippen LogP contribution in [0, 0.1) is 5.41 Å². The molecule has 4 heteroatoms. The van der Waals surface area contributed by atoms with E-state index in [1.54, 1.807) is 17.4 Å². The van der Waals surface area contributed by atoms with E-state index < -0.39 is 0 Å². The number of fused-ring (bicyclic) bond motifs is 1. The van der Waals surface area contributed by atoms with Crippen LogP contribution >= 0.6 is 11.3 Å². The zero-order valence-corrected chi connectivity index (χ0v) is 17.8.